The summed E-state index contributed by atoms with van der Waals surface area (Å²) in [6.45, 7) is 13.9. The molecule has 0 aliphatic rings. The Morgan fingerprint density at radius 1 is 1.32 bits per heavy atom. The van der Waals surface area contributed by atoms with E-state index in [0.29, 0.717) is 6.54 Å². The average molecular weight is 260 g/mol. The topological polar surface area (TPSA) is 32.3 Å². The Hall–Kier alpha value is -1.61. The first-order chi connectivity index (χ1) is 8.92. The van der Waals surface area contributed by atoms with Crippen LogP contribution in [-0.4, -0.2) is 30.4 Å². The predicted octanol–water partition coefficient (Wildman–Crippen LogP) is 3.14. The zero-order chi connectivity index (χ0) is 14.4. The Morgan fingerprint density at radius 2 is 2.00 bits per heavy atom. The number of amides is 1. The number of likely N-dealkylation sites (N-methyl/N-ethyl adjacent to an activating group) is 1. The number of nitrogens with one attached hydrogen (secondary N) is 1. The van der Waals surface area contributed by atoms with Gasteiger partial charge in [-0.3, -0.25) is 9.69 Å². The van der Waals surface area contributed by atoms with E-state index in [1.54, 1.807) is 0 Å². The van der Waals surface area contributed by atoms with Gasteiger partial charge in [0.2, 0.25) is 5.91 Å². The maximum Gasteiger partial charge on any atom is 0.238 e. The highest BCUT2D eigenvalue weighted by Crippen LogP contribution is 2.16. The lowest BCUT2D eigenvalue weighted by molar-refractivity contribution is -0.117. The lowest BCUT2D eigenvalue weighted by Gasteiger charge is -2.20. The summed E-state index contributed by atoms with van der Waals surface area (Å²) < 4.78 is 0. The number of benzene rings is 1. The Morgan fingerprint density at radius 3 is 2.58 bits per heavy atom. The fraction of sp³-hybridized carbons (Fsp3) is 0.438. The van der Waals surface area contributed by atoms with Gasteiger partial charge in [-0.2, -0.15) is 0 Å². The van der Waals surface area contributed by atoms with E-state index >= 15 is 0 Å². The molecule has 0 heterocycles. The van der Waals surface area contributed by atoms with E-state index in [1.807, 2.05) is 45.9 Å². The van der Waals surface area contributed by atoms with Crippen molar-refractivity contribution in [2.24, 2.45) is 0 Å². The van der Waals surface area contributed by atoms with Gasteiger partial charge >= 0.3 is 0 Å². The lowest BCUT2D eigenvalue weighted by atomic mass is 10.1. The van der Waals surface area contributed by atoms with E-state index in [4.69, 9.17) is 0 Å². The maximum atomic E-state index is 12.0. The van der Waals surface area contributed by atoms with Crippen LogP contribution in [0.5, 0.6) is 0 Å². The molecule has 0 unspecified atom stereocenters. The monoisotopic (exact) mass is 260 g/mol. The fourth-order valence-electron chi connectivity index (χ4n) is 1.92. The second kappa shape index (κ2) is 7.10. The number of aryl methyl sites for hydroxylation is 2. The number of carbonyl (C=O) groups excluding carboxylic acids is 1. The second-order valence-corrected chi connectivity index (χ2v) is 5.13. The second-order valence-electron chi connectivity index (χ2n) is 5.13. The first kappa shape index (κ1) is 15.4. The normalized spacial score (nSPS) is 10.6. The van der Waals surface area contributed by atoms with Crippen LogP contribution < -0.4 is 5.32 Å². The minimum absolute atomic E-state index is 0.0248. The molecule has 1 amide bonds. The molecule has 19 heavy (non-hydrogen) atoms. The summed E-state index contributed by atoms with van der Waals surface area (Å²) in [7, 11) is 0. The molecule has 1 aromatic rings. The lowest BCUT2D eigenvalue weighted by Crippen LogP contribution is -2.34. The Kier molecular flexibility index (Phi) is 5.77. The Bertz CT molecular complexity index is 466. The summed E-state index contributed by atoms with van der Waals surface area (Å²) in [6, 6.07) is 6.07. The largest absolute Gasteiger partial charge is 0.325 e. The average Bonchev–Trinajstić information content (AvgIpc) is 2.32. The molecule has 1 N–H and O–H groups in total. The summed E-state index contributed by atoms with van der Waals surface area (Å²) in [5, 5.41) is 2.98. The molecule has 1 rings (SSSR count). The van der Waals surface area contributed by atoms with Crippen molar-refractivity contribution >= 4 is 11.6 Å². The van der Waals surface area contributed by atoms with E-state index in [2.05, 4.69) is 16.8 Å². The minimum Gasteiger partial charge on any atom is -0.325 e. The van der Waals surface area contributed by atoms with Crippen LogP contribution in [0.4, 0.5) is 5.69 Å². The van der Waals surface area contributed by atoms with Crippen LogP contribution in [0.1, 0.15) is 25.0 Å². The van der Waals surface area contributed by atoms with Crippen molar-refractivity contribution in [2.45, 2.75) is 27.7 Å². The first-order valence-corrected chi connectivity index (χ1v) is 6.66. The summed E-state index contributed by atoms with van der Waals surface area (Å²) in [6.07, 6.45) is 0. The molecule has 0 spiro atoms. The quantitative estimate of drug-likeness (QED) is 0.797. The maximum absolute atomic E-state index is 12.0. The van der Waals surface area contributed by atoms with Gasteiger partial charge in [-0.05, 0) is 44.5 Å². The number of hydrogen-bond donors (Lipinski definition) is 1. The number of nitrogens with zero attached hydrogens (tertiary/aromatic N) is 1. The SMILES string of the molecule is C=C(C)CN(CC)CC(=O)Nc1cc(C)ccc1C. The van der Waals surface area contributed by atoms with Gasteiger partial charge in [-0.15, -0.1) is 0 Å². The van der Waals surface area contributed by atoms with Crippen molar-refractivity contribution < 1.29 is 4.79 Å². The fourth-order valence-corrected chi connectivity index (χ4v) is 1.92. The van der Waals surface area contributed by atoms with E-state index < -0.39 is 0 Å². The van der Waals surface area contributed by atoms with Crippen LogP contribution in [0.2, 0.25) is 0 Å². The van der Waals surface area contributed by atoms with E-state index in [-0.39, 0.29) is 5.91 Å². The van der Waals surface area contributed by atoms with Crippen LogP contribution in [0.3, 0.4) is 0 Å². The van der Waals surface area contributed by atoms with Gasteiger partial charge in [0.15, 0.2) is 0 Å². The molecular weight excluding hydrogens is 236 g/mol. The Balaban J connectivity index is 2.63. The number of anilines is 1. The molecule has 0 aliphatic heterocycles. The van der Waals surface area contributed by atoms with Crippen LogP contribution >= 0.6 is 0 Å². The third-order valence-electron chi connectivity index (χ3n) is 2.98. The van der Waals surface area contributed by atoms with Crippen molar-refractivity contribution in [3.8, 4) is 0 Å². The summed E-state index contributed by atoms with van der Waals surface area (Å²) in [5.74, 6) is 0.0248. The third-order valence-corrected chi connectivity index (χ3v) is 2.98. The zero-order valence-electron chi connectivity index (χ0n) is 12.4. The molecular formula is C16H24N2O. The molecule has 3 nitrogen and oxygen atoms in total. The van der Waals surface area contributed by atoms with Gasteiger partial charge in [0.25, 0.3) is 0 Å². The molecule has 104 valence electrons. The van der Waals surface area contributed by atoms with Gasteiger partial charge in [-0.25, -0.2) is 0 Å². The number of carbonyl (C=O) groups is 1. The van der Waals surface area contributed by atoms with Crippen molar-refractivity contribution in [1.29, 1.82) is 0 Å². The van der Waals surface area contributed by atoms with Crippen LogP contribution in [0.25, 0.3) is 0 Å². The molecule has 0 bridgehead atoms. The molecule has 0 aliphatic carbocycles. The summed E-state index contributed by atoms with van der Waals surface area (Å²) in [4.78, 5) is 14.1. The van der Waals surface area contributed by atoms with Crippen molar-refractivity contribution in [3.05, 3.63) is 41.5 Å². The van der Waals surface area contributed by atoms with Gasteiger partial charge < -0.3 is 5.32 Å². The van der Waals surface area contributed by atoms with Crippen molar-refractivity contribution in [3.63, 3.8) is 0 Å². The van der Waals surface area contributed by atoms with Crippen molar-refractivity contribution in [1.82, 2.24) is 4.90 Å². The standard InChI is InChI=1S/C16H24N2O/c1-6-18(10-12(2)3)11-16(19)17-15-9-13(4)7-8-14(15)5/h7-9H,2,6,10-11H2,1,3-5H3,(H,17,19). The van der Waals surface area contributed by atoms with E-state index in [9.17, 15) is 4.79 Å². The van der Waals surface area contributed by atoms with Crippen molar-refractivity contribution in [2.75, 3.05) is 25.0 Å². The summed E-state index contributed by atoms with van der Waals surface area (Å²) in [5.41, 5.74) is 4.20. The molecule has 0 saturated heterocycles. The van der Waals surface area contributed by atoms with E-state index in [1.165, 1.54) is 0 Å². The zero-order valence-corrected chi connectivity index (χ0v) is 12.4. The predicted molar refractivity (Wildman–Crippen MR) is 81.5 cm³/mol. The molecule has 0 radical (unpaired) electrons. The molecule has 1 aromatic carbocycles. The van der Waals surface area contributed by atoms with Crippen LogP contribution in [0.15, 0.2) is 30.4 Å². The number of hydrogen-bond acceptors (Lipinski definition) is 2. The number of rotatable bonds is 6. The Labute approximate surface area is 116 Å². The van der Waals surface area contributed by atoms with Gasteiger partial charge in [0.05, 0.1) is 6.54 Å². The highest BCUT2D eigenvalue weighted by Gasteiger charge is 2.10. The van der Waals surface area contributed by atoms with Gasteiger partial charge in [0.1, 0.15) is 0 Å². The smallest absolute Gasteiger partial charge is 0.238 e. The molecule has 0 saturated carbocycles. The van der Waals surface area contributed by atoms with Gasteiger partial charge in [0, 0.05) is 12.2 Å². The van der Waals surface area contributed by atoms with Gasteiger partial charge in [-0.1, -0.05) is 31.2 Å². The van der Waals surface area contributed by atoms with E-state index in [0.717, 1.165) is 35.5 Å². The van der Waals surface area contributed by atoms with Crippen LogP contribution in [-0.2, 0) is 4.79 Å². The molecule has 0 atom stereocenters. The minimum atomic E-state index is 0.0248. The third kappa shape index (κ3) is 5.26. The highest BCUT2D eigenvalue weighted by atomic mass is 16.2. The summed E-state index contributed by atoms with van der Waals surface area (Å²) >= 11 is 0. The molecule has 3 heteroatoms. The molecule has 0 aromatic heterocycles. The highest BCUT2D eigenvalue weighted by molar-refractivity contribution is 5.93. The first-order valence-electron chi connectivity index (χ1n) is 6.66. The van der Waals surface area contributed by atoms with Crippen LogP contribution in [0, 0.1) is 13.8 Å². The molecule has 0 fully saturated rings.